The van der Waals surface area contributed by atoms with Crippen LogP contribution < -0.4 is 5.32 Å². The van der Waals surface area contributed by atoms with Crippen LogP contribution in [0.25, 0.3) is 0 Å². The van der Waals surface area contributed by atoms with Gasteiger partial charge in [-0.05, 0) is 24.7 Å². The third kappa shape index (κ3) is 1.63. The highest BCUT2D eigenvalue weighted by atomic mass is 79.9. The van der Waals surface area contributed by atoms with Crippen molar-refractivity contribution in [2.45, 2.75) is 18.0 Å². The monoisotopic (exact) mass is 266 g/mol. The lowest BCUT2D eigenvalue weighted by atomic mass is 9.74. The molecule has 3 heteroatoms. The van der Waals surface area contributed by atoms with Crippen LogP contribution in [0.5, 0.6) is 0 Å². The number of halogens is 1. The molecule has 0 saturated carbocycles. The second kappa shape index (κ2) is 3.58. The average molecular weight is 267 g/mol. The molecule has 15 heavy (non-hydrogen) atoms. The highest BCUT2D eigenvalue weighted by Gasteiger charge is 2.45. The van der Waals surface area contributed by atoms with Crippen molar-refractivity contribution < 1.29 is 0 Å². The number of rotatable bonds is 1. The van der Waals surface area contributed by atoms with Gasteiger partial charge in [0, 0.05) is 35.6 Å². The molecule has 4 rings (SSSR count). The number of nitrogens with zero attached hydrogens (tertiary/aromatic N) is 1. The van der Waals surface area contributed by atoms with E-state index >= 15 is 0 Å². The fourth-order valence-corrected chi connectivity index (χ4v) is 3.14. The van der Waals surface area contributed by atoms with Crippen LogP contribution in [0.1, 0.15) is 11.5 Å². The lowest BCUT2D eigenvalue weighted by Crippen LogP contribution is -2.71. The molecule has 0 radical (unpaired) electrons. The first-order chi connectivity index (χ1) is 7.24. The highest BCUT2D eigenvalue weighted by molar-refractivity contribution is 9.10. The van der Waals surface area contributed by atoms with E-state index in [1.54, 1.807) is 0 Å². The Kier molecular flexibility index (Phi) is 2.34. The van der Waals surface area contributed by atoms with E-state index in [-0.39, 0.29) is 0 Å². The smallest absolute Gasteiger partial charge is 0.0282 e. The quantitative estimate of drug-likeness (QED) is 0.835. The molecule has 0 amide bonds. The first-order valence-corrected chi connectivity index (χ1v) is 6.23. The SMILES string of the molecule is CN1C[C@@H]2N[C@H](C1)C2c1ccc(Br)cc1. The third-order valence-corrected chi connectivity index (χ3v) is 4.10. The maximum absolute atomic E-state index is 3.62. The molecule has 3 fully saturated rings. The number of nitrogens with one attached hydrogen (secondary N) is 1. The molecular weight excluding hydrogens is 252 g/mol. The zero-order chi connectivity index (χ0) is 10.4. The van der Waals surface area contributed by atoms with Gasteiger partial charge in [-0.15, -0.1) is 0 Å². The van der Waals surface area contributed by atoms with Crippen molar-refractivity contribution >= 4 is 15.9 Å². The van der Waals surface area contributed by atoms with Crippen LogP contribution >= 0.6 is 15.9 Å². The van der Waals surface area contributed by atoms with Crippen molar-refractivity contribution in [1.29, 1.82) is 0 Å². The standard InChI is InChI=1S/C12H15BrN2/c1-15-6-10-12(11(7-15)14-10)8-2-4-9(13)5-3-8/h2-5,10-12,14H,6-7H2,1H3/t10-,11+,12?. The van der Waals surface area contributed by atoms with E-state index in [1.807, 2.05) is 0 Å². The highest BCUT2D eigenvalue weighted by Crippen LogP contribution is 2.36. The molecular formula is C12H15BrN2. The van der Waals surface area contributed by atoms with Gasteiger partial charge in [-0.1, -0.05) is 28.1 Å². The van der Waals surface area contributed by atoms with Crippen molar-refractivity contribution in [2.75, 3.05) is 20.1 Å². The molecule has 3 aliphatic rings. The Bertz CT molecular complexity index is 350. The summed E-state index contributed by atoms with van der Waals surface area (Å²) in [5.74, 6) is 0.731. The zero-order valence-corrected chi connectivity index (χ0v) is 10.4. The Hall–Kier alpha value is -0.380. The molecule has 3 saturated heterocycles. The van der Waals surface area contributed by atoms with Crippen LogP contribution in [0.2, 0.25) is 0 Å². The van der Waals surface area contributed by atoms with Crippen LogP contribution in [-0.2, 0) is 0 Å². The minimum Gasteiger partial charge on any atom is -0.307 e. The Morgan fingerprint density at radius 1 is 1.20 bits per heavy atom. The number of benzene rings is 1. The van der Waals surface area contributed by atoms with Crippen molar-refractivity contribution in [3.8, 4) is 0 Å². The van der Waals surface area contributed by atoms with Crippen LogP contribution in [-0.4, -0.2) is 37.1 Å². The predicted octanol–water partition coefficient (Wildman–Crippen LogP) is 1.82. The molecule has 3 atom stereocenters. The Labute approximate surface area is 98.8 Å². The van der Waals surface area contributed by atoms with Crippen molar-refractivity contribution in [3.63, 3.8) is 0 Å². The number of piperidine rings is 1. The van der Waals surface area contributed by atoms with E-state index in [2.05, 4.69) is 57.5 Å². The normalized spacial score (nSPS) is 34.9. The summed E-state index contributed by atoms with van der Waals surface area (Å²) >= 11 is 3.48. The second-order valence-corrected chi connectivity index (χ2v) is 5.59. The number of fused-ring (bicyclic) bond motifs is 2. The largest absolute Gasteiger partial charge is 0.307 e. The number of likely N-dealkylation sites (N-methyl/N-ethyl adjacent to an activating group) is 1. The first kappa shape index (κ1) is 9.82. The summed E-state index contributed by atoms with van der Waals surface area (Å²) in [7, 11) is 2.21. The lowest BCUT2D eigenvalue weighted by molar-refractivity contribution is 0.0692. The van der Waals surface area contributed by atoms with Crippen LogP contribution in [0, 0.1) is 0 Å². The molecule has 2 nitrogen and oxygen atoms in total. The van der Waals surface area contributed by atoms with E-state index in [0.717, 1.165) is 5.92 Å². The summed E-state index contributed by atoms with van der Waals surface area (Å²) in [5, 5.41) is 3.62. The van der Waals surface area contributed by atoms with Gasteiger partial charge < -0.3 is 10.2 Å². The van der Waals surface area contributed by atoms with E-state index in [4.69, 9.17) is 0 Å². The van der Waals surface area contributed by atoms with E-state index in [9.17, 15) is 0 Å². The number of hydrogen-bond donors (Lipinski definition) is 1. The minimum atomic E-state index is 0.662. The summed E-state index contributed by atoms with van der Waals surface area (Å²) in [6.45, 7) is 2.36. The van der Waals surface area contributed by atoms with E-state index < -0.39 is 0 Å². The second-order valence-electron chi connectivity index (χ2n) is 4.68. The van der Waals surface area contributed by atoms with E-state index in [1.165, 1.54) is 23.1 Å². The Morgan fingerprint density at radius 2 is 1.80 bits per heavy atom. The fourth-order valence-electron chi connectivity index (χ4n) is 2.87. The minimum absolute atomic E-state index is 0.662. The molecule has 1 aromatic rings. The molecule has 3 aliphatic heterocycles. The number of piperazine rings is 1. The molecule has 2 bridgehead atoms. The zero-order valence-electron chi connectivity index (χ0n) is 8.78. The summed E-state index contributed by atoms with van der Waals surface area (Å²) in [4.78, 5) is 2.42. The molecule has 80 valence electrons. The third-order valence-electron chi connectivity index (χ3n) is 3.57. The summed E-state index contributed by atoms with van der Waals surface area (Å²) in [6.07, 6.45) is 0. The van der Waals surface area contributed by atoms with Gasteiger partial charge in [0.2, 0.25) is 0 Å². The van der Waals surface area contributed by atoms with E-state index in [0.29, 0.717) is 12.1 Å². The summed E-state index contributed by atoms with van der Waals surface area (Å²) in [6, 6.07) is 10.1. The fraction of sp³-hybridized carbons (Fsp3) is 0.500. The van der Waals surface area contributed by atoms with Crippen LogP contribution in [0.15, 0.2) is 28.7 Å². The Balaban J connectivity index is 1.82. The first-order valence-electron chi connectivity index (χ1n) is 5.44. The summed E-state index contributed by atoms with van der Waals surface area (Å²) < 4.78 is 1.17. The predicted molar refractivity (Wildman–Crippen MR) is 65.1 cm³/mol. The van der Waals surface area contributed by atoms with Crippen LogP contribution in [0.3, 0.4) is 0 Å². The van der Waals surface area contributed by atoms with Gasteiger partial charge in [0.1, 0.15) is 0 Å². The topological polar surface area (TPSA) is 15.3 Å². The van der Waals surface area contributed by atoms with Gasteiger partial charge in [0.05, 0.1) is 0 Å². The van der Waals surface area contributed by atoms with Gasteiger partial charge in [-0.3, -0.25) is 0 Å². The van der Waals surface area contributed by atoms with Crippen molar-refractivity contribution in [2.24, 2.45) is 0 Å². The van der Waals surface area contributed by atoms with Crippen molar-refractivity contribution in [1.82, 2.24) is 10.2 Å². The van der Waals surface area contributed by atoms with Gasteiger partial charge in [0.25, 0.3) is 0 Å². The molecule has 1 aromatic carbocycles. The lowest BCUT2D eigenvalue weighted by Gasteiger charge is -2.54. The molecule has 1 N–H and O–H groups in total. The molecule has 1 unspecified atom stereocenters. The van der Waals surface area contributed by atoms with Crippen molar-refractivity contribution in [3.05, 3.63) is 34.3 Å². The maximum Gasteiger partial charge on any atom is 0.0282 e. The Morgan fingerprint density at radius 3 is 2.40 bits per heavy atom. The average Bonchev–Trinajstić information content (AvgIpc) is 2.21. The molecule has 0 spiro atoms. The molecule has 3 heterocycles. The van der Waals surface area contributed by atoms with Gasteiger partial charge in [-0.2, -0.15) is 0 Å². The van der Waals surface area contributed by atoms with Gasteiger partial charge in [-0.25, -0.2) is 0 Å². The van der Waals surface area contributed by atoms with Gasteiger partial charge >= 0.3 is 0 Å². The number of hydrogen-bond acceptors (Lipinski definition) is 2. The maximum atomic E-state index is 3.62. The van der Waals surface area contributed by atoms with Crippen LogP contribution in [0.4, 0.5) is 0 Å². The van der Waals surface area contributed by atoms with Gasteiger partial charge in [0.15, 0.2) is 0 Å². The molecule has 0 aromatic heterocycles. The summed E-state index contributed by atoms with van der Waals surface area (Å²) in [5.41, 5.74) is 1.49. The molecule has 0 aliphatic carbocycles.